The average molecular weight is 501 g/mol. The van der Waals surface area contributed by atoms with Crippen LogP contribution in [0.25, 0.3) is 16.9 Å². The van der Waals surface area contributed by atoms with E-state index in [9.17, 15) is 9.59 Å². The van der Waals surface area contributed by atoms with Crippen LogP contribution in [0.2, 0.25) is 0 Å². The Hall–Kier alpha value is -4.33. The minimum atomic E-state index is -0.344. The molecule has 2 aromatic carbocycles. The van der Waals surface area contributed by atoms with Gasteiger partial charge in [0.25, 0.3) is 0 Å². The summed E-state index contributed by atoms with van der Waals surface area (Å²) in [6, 6.07) is 19.1. The summed E-state index contributed by atoms with van der Waals surface area (Å²) in [6.45, 7) is 6.07. The summed E-state index contributed by atoms with van der Waals surface area (Å²) in [5, 5.41) is 2.92. The van der Waals surface area contributed by atoms with Gasteiger partial charge in [-0.05, 0) is 61.4 Å². The quantitative estimate of drug-likeness (QED) is 0.312. The summed E-state index contributed by atoms with van der Waals surface area (Å²) >= 11 is 0. The third-order valence-corrected chi connectivity index (χ3v) is 5.85. The van der Waals surface area contributed by atoms with Crippen molar-refractivity contribution in [1.82, 2.24) is 14.5 Å². The van der Waals surface area contributed by atoms with E-state index in [1.807, 2.05) is 80.1 Å². The van der Waals surface area contributed by atoms with Crippen LogP contribution >= 0.6 is 0 Å². The van der Waals surface area contributed by atoms with Crippen LogP contribution in [0.3, 0.4) is 0 Å². The Labute approximate surface area is 216 Å². The number of aromatic nitrogens is 2. The number of carbonyl (C=O) groups is 2. The van der Waals surface area contributed by atoms with E-state index in [-0.39, 0.29) is 30.8 Å². The Morgan fingerprint density at radius 1 is 1.08 bits per heavy atom. The zero-order valence-electron chi connectivity index (χ0n) is 21.6. The van der Waals surface area contributed by atoms with E-state index >= 15 is 0 Å². The van der Waals surface area contributed by atoms with E-state index in [1.165, 1.54) is 4.90 Å². The Bertz CT molecular complexity index is 1320. The summed E-state index contributed by atoms with van der Waals surface area (Å²) in [4.78, 5) is 32.3. The number of furan rings is 1. The Kier molecular flexibility index (Phi) is 8.08. The molecule has 0 unspecified atom stereocenters. The van der Waals surface area contributed by atoms with Crippen molar-refractivity contribution in [2.45, 2.75) is 33.7 Å². The summed E-state index contributed by atoms with van der Waals surface area (Å²) in [7, 11) is 1.62. The number of amides is 2. The zero-order chi connectivity index (χ0) is 26.4. The van der Waals surface area contributed by atoms with Crippen LogP contribution in [-0.4, -0.2) is 39.9 Å². The van der Waals surface area contributed by atoms with Crippen molar-refractivity contribution in [3.8, 4) is 22.7 Å². The molecule has 0 radical (unpaired) electrons. The molecule has 0 bridgehead atoms. The number of carbonyl (C=O) groups excluding carboxylic acids is 2. The molecule has 2 aromatic heterocycles. The topological polar surface area (TPSA) is 89.6 Å². The highest BCUT2D eigenvalue weighted by Crippen LogP contribution is 2.26. The lowest BCUT2D eigenvalue weighted by molar-refractivity contribution is -0.136. The minimum absolute atomic E-state index is 0.109. The fraction of sp³-hybridized carbons (Fsp3) is 0.276. The number of nitrogens with one attached hydrogen (secondary N) is 1. The van der Waals surface area contributed by atoms with Gasteiger partial charge in [-0.25, -0.2) is 4.98 Å². The maximum absolute atomic E-state index is 13.2. The van der Waals surface area contributed by atoms with Crippen LogP contribution in [0.1, 0.15) is 31.6 Å². The SMILES string of the molecule is COc1ccc(-c2cn(-c3ccc(C)cc3)c(NC(=O)CN(Cc3ccco3)C(=O)CC(C)C)n2)cc1. The number of methoxy groups -OCH3 is 1. The van der Waals surface area contributed by atoms with Crippen LogP contribution < -0.4 is 10.1 Å². The predicted octanol–water partition coefficient (Wildman–Crippen LogP) is 5.46. The van der Waals surface area contributed by atoms with Crippen molar-refractivity contribution in [2.24, 2.45) is 5.92 Å². The molecule has 8 heteroatoms. The zero-order valence-corrected chi connectivity index (χ0v) is 21.6. The second-order valence-corrected chi connectivity index (χ2v) is 9.36. The number of benzene rings is 2. The maximum atomic E-state index is 13.2. The molecule has 1 N–H and O–H groups in total. The first kappa shape index (κ1) is 25.8. The highest BCUT2D eigenvalue weighted by Gasteiger charge is 2.21. The van der Waals surface area contributed by atoms with E-state index in [0.29, 0.717) is 23.8 Å². The molecule has 2 amide bonds. The highest BCUT2D eigenvalue weighted by atomic mass is 16.5. The van der Waals surface area contributed by atoms with Gasteiger partial charge in [0.15, 0.2) is 0 Å². The number of aryl methyl sites for hydroxylation is 1. The van der Waals surface area contributed by atoms with Gasteiger partial charge in [-0.15, -0.1) is 0 Å². The first-order chi connectivity index (χ1) is 17.8. The van der Waals surface area contributed by atoms with Gasteiger partial charge in [-0.3, -0.25) is 19.5 Å². The van der Waals surface area contributed by atoms with Crippen molar-refractivity contribution in [3.05, 3.63) is 84.4 Å². The number of hydrogen-bond acceptors (Lipinski definition) is 5. The van der Waals surface area contributed by atoms with Gasteiger partial charge in [0, 0.05) is 23.9 Å². The fourth-order valence-corrected chi connectivity index (χ4v) is 3.91. The fourth-order valence-electron chi connectivity index (χ4n) is 3.91. The molecule has 0 spiro atoms. The van der Waals surface area contributed by atoms with Crippen LogP contribution in [0.4, 0.5) is 5.95 Å². The Morgan fingerprint density at radius 2 is 1.81 bits per heavy atom. The highest BCUT2D eigenvalue weighted by molar-refractivity contribution is 5.94. The molecule has 0 atom stereocenters. The van der Waals surface area contributed by atoms with Crippen LogP contribution in [0.5, 0.6) is 5.75 Å². The molecule has 0 aliphatic rings. The number of hydrogen-bond donors (Lipinski definition) is 1. The molecular formula is C29H32N4O4. The second-order valence-electron chi connectivity index (χ2n) is 9.36. The van der Waals surface area contributed by atoms with Gasteiger partial charge in [0.05, 0.1) is 25.6 Å². The third kappa shape index (κ3) is 6.67. The van der Waals surface area contributed by atoms with E-state index < -0.39 is 0 Å². The van der Waals surface area contributed by atoms with Crippen LogP contribution in [0.15, 0.2) is 77.5 Å². The molecular weight excluding hydrogens is 468 g/mol. The van der Waals surface area contributed by atoms with E-state index in [2.05, 4.69) is 5.32 Å². The number of imidazole rings is 1. The molecule has 37 heavy (non-hydrogen) atoms. The van der Waals surface area contributed by atoms with Gasteiger partial charge >= 0.3 is 0 Å². The molecule has 0 saturated carbocycles. The maximum Gasteiger partial charge on any atom is 0.246 e. The second kappa shape index (κ2) is 11.6. The van der Waals surface area contributed by atoms with Gasteiger partial charge in [0.2, 0.25) is 17.8 Å². The molecule has 4 aromatic rings. The normalized spacial score (nSPS) is 10.9. The van der Waals surface area contributed by atoms with Gasteiger partial charge < -0.3 is 14.1 Å². The predicted molar refractivity (Wildman–Crippen MR) is 142 cm³/mol. The first-order valence-corrected chi connectivity index (χ1v) is 12.2. The molecule has 8 nitrogen and oxygen atoms in total. The standard InChI is InChI=1S/C29H32N4O4/c1-20(2)16-28(35)32(17-25-6-5-15-37-25)19-27(34)31-29-30-26(22-9-13-24(36-4)14-10-22)18-33(29)23-11-7-21(3)8-12-23/h5-15,18,20H,16-17,19H2,1-4H3,(H,30,31,34). The van der Waals surface area contributed by atoms with Gasteiger partial charge in [-0.2, -0.15) is 0 Å². The smallest absolute Gasteiger partial charge is 0.246 e. The number of anilines is 1. The number of nitrogens with zero attached hydrogens (tertiary/aromatic N) is 3. The summed E-state index contributed by atoms with van der Waals surface area (Å²) in [6.07, 6.45) is 3.78. The van der Waals surface area contributed by atoms with E-state index in [4.69, 9.17) is 14.1 Å². The van der Waals surface area contributed by atoms with Crippen molar-refractivity contribution in [2.75, 3.05) is 19.0 Å². The molecule has 0 aliphatic carbocycles. The first-order valence-electron chi connectivity index (χ1n) is 12.2. The summed E-state index contributed by atoms with van der Waals surface area (Å²) in [5.74, 6) is 1.45. The van der Waals surface area contributed by atoms with Gasteiger partial charge in [-0.1, -0.05) is 31.5 Å². The Morgan fingerprint density at radius 3 is 2.43 bits per heavy atom. The lowest BCUT2D eigenvalue weighted by atomic mass is 10.1. The van der Waals surface area contributed by atoms with Crippen molar-refractivity contribution < 1.29 is 18.7 Å². The monoisotopic (exact) mass is 500 g/mol. The van der Waals surface area contributed by atoms with E-state index in [1.54, 1.807) is 25.5 Å². The molecule has 4 rings (SSSR count). The van der Waals surface area contributed by atoms with Crippen molar-refractivity contribution >= 4 is 17.8 Å². The third-order valence-electron chi connectivity index (χ3n) is 5.85. The van der Waals surface area contributed by atoms with E-state index in [0.717, 1.165) is 22.6 Å². The molecule has 192 valence electrons. The van der Waals surface area contributed by atoms with Crippen molar-refractivity contribution in [3.63, 3.8) is 0 Å². The lowest BCUT2D eigenvalue weighted by Crippen LogP contribution is -2.38. The van der Waals surface area contributed by atoms with Crippen LogP contribution in [0, 0.1) is 12.8 Å². The van der Waals surface area contributed by atoms with Gasteiger partial charge in [0.1, 0.15) is 18.1 Å². The lowest BCUT2D eigenvalue weighted by Gasteiger charge is -2.22. The average Bonchev–Trinajstić information content (AvgIpc) is 3.54. The Balaban J connectivity index is 1.60. The minimum Gasteiger partial charge on any atom is -0.497 e. The largest absolute Gasteiger partial charge is 0.497 e. The molecule has 0 saturated heterocycles. The molecule has 0 fully saturated rings. The summed E-state index contributed by atoms with van der Waals surface area (Å²) < 4.78 is 12.5. The molecule has 0 aliphatic heterocycles. The number of rotatable bonds is 10. The summed E-state index contributed by atoms with van der Waals surface area (Å²) in [5.41, 5.74) is 3.56. The van der Waals surface area contributed by atoms with Crippen LogP contribution in [-0.2, 0) is 16.1 Å². The molecule has 2 heterocycles. The number of ether oxygens (including phenoxy) is 1. The van der Waals surface area contributed by atoms with Crippen molar-refractivity contribution in [1.29, 1.82) is 0 Å².